The zero-order chi connectivity index (χ0) is 19.2. The number of carbonyl (C=O) groups is 2. The molecule has 7 nitrogen and oxygen atoms in total. The number of carboxylic acid groups (broad SMARTS) is 1. The molecule has 2 aromatic carbocycles. The van der Waals surface area contributed by atoms with E-state index in [0.29, 0.717) is 16.4 Å². The lowest BCUT2D eigenvalue weighted by Gasteiger charge is -2.10. The third-order valence-electron chi connectivity index (χ3n) is 2.96. The molecule has 0 unspecified atom stereocenters. The van der Waals surface area contributed by atoms with E-state index in [0.717, 1.165) is 11.8 Å². The zero-order valence-corrected chi connectivity index (χ0v) is 15.7. The number of rotatable bonds is 8. The second-order valence-electron chi connectivity index (χ2n) is 5.08. The van der Waals surface area contributed by atoms with Crippen molar-refractivity contribution < 1.29 is 23.1 Å². The fourth-order valence-electron chi connectivity index (χ4n) is 1.94. The third-order valence-corrected chi connectivity index (χ3v) is 5.50. The summed E-state index contributed by atoms with van der Waals surface area (Å²) in [5.74, 6) is -1.67. The van der Waals surface area contributed by atoms with Crippen LogP contribution in [0.25, 0.3) is 0 Å². The first kappa shape index (κ1) is 20.1. The van der Waals surface area contributed by atoms with Crippen molar-refractivity contribution in [3.05, 3.63) is 53.6 Å². The van der Waals surface area contributed by atoms with E-state index >= 15 is 0 Å². The molecule has 138 valence electrons. The second-order valence-corrected chi connectivity index (χ2v) is 8.18. The molecule has 0 radical (unpaired) electrons. The molecule has 0 bridgehead atoms. The van der Waals surface area contributed by atoms with Gasteiger partial charge in [-0.15, -0.1) is 11.8 Å². The Balaban J connectivity index is 2.07. The number of carbonyl (C=O) groups excluding carboxylic acids is 1. The van der Waals surface area contributed by atoms with Gasteiger partial charge in [-0.3, -0.25) is 14.3 Å². The minimum absolute atomic E-state index is 0.0338. The van der Waals surface area contributed by atoms with Crippen LogP contribution in [0.5, 0.6) is 0 Å². The van der Waals surface area contributed by atoms with E-state index in [4.69, 9.17) is 16.7 Å². The van der Waals surface area contributed by atoms with E-state index in [2.05, 4.69) is 10.0 Å². The molecule has 10 heteroatoms. The number of hydrogen-bond acceptors (Lipinski definition) is 5. The van der Waals surface area contributed by atoms with Gasteiger partial charge in [0, 0.05) is 10.7 Å². The summed E-state index contributed by atoms with van der Waals surface area (Å²) in [4.78, 5) is 22.2. The van der Waals surface area contributed by atoms with Gasteiger partial charge in [0.2, 0.25) is 5.91 Å². The summed E-state index contributed by atoms with van der Waals surface area (Å²) in [7, 11) is -3.86. The summed E-state index contributed by atoms with van der Waals surface area (Å²) in [6.45, 7) is 0. The Hall–Kier alpha value is -2.23. The smallest absolute Gasteiger partial charge is 0.313 e. The lowest BCUT2D eigenvalue weighted by molar-refractivity contribution is -0.133. The van der Waals surface area contributed by atoms with E-state index in [9.17, 15) is 18.0 Å². The molecule has 0 aliphatic rings. The van der Waals surface area contributed by atoms with Gasteiger partial charge in [-0.2, -0.15) is 0 Å². The predicted molar refractivity (Wildman–Crippen MR) is 102 cm³/mol. The van der Waals surface area contributed by atoms with E-state index < -0.39 is 21.9 Å². The van der Waals surface area contributed by atoms with E-state index in [-0.39, 0.29) is 16.4 Å². The summed E-state index contributed by atoms with van der Waals surface area (Å²) in [5, 5.41) is 11.5. The van der Waals surface area contributed by atoms with Gasteiger partial charge in [0.25, 0.3) is 10.0 Å². The second kappa shape index (κ2) is 8.93. The van der Waals surface area contributed by atoms with E-state index in [1.807, 2.05) is 0 Å². The predicted octanol–water partition coefficient (Wildman–Crippen LogP) is 2.90. The molecular formula is C16H15ClN2O5S2. The fraction of sp³-hybridized carbons (Fsp3) is 0.125. The SMILES string of the molecule is O=C(O)CSCC(=O)Nc1cccc(S(=O)(=O)Nc2cccc(Cl)c2)c1. The zero-order valence-electron chi connectivity index (χ0n) is 13.3. The number of amides is 1. The van der Waals surface area contributed by atoms with Crippen molar-refractivity contribution in [2.75, 3.05) is 21.5 Å². The fourth-order valence-corrected chi connectivity index (χ4v) is 3.75. The topological polar surface area (TPSA) is 113 Å². The van der Waals surface area contributed by atoms with Crippen LogP contribution < -0.4 is 10.0 Å². The first-order valence-electron chi connectivity index (χ1n) is 7.24. The molecule has 0 fully saturated rings. The maximum Gasteiger partial charge on any atom is 0.313 e. The maximum absolute atomic E-state index is 12.5. The van der Waals surface area contributed by atoms with Gasteiger partial charge in [0.1, 0.15) is 0 Å². The Bertz CT molecular complexity index is 918. The van der Waals surface area contributed by atoms with Crippen molar-refractivity contribution in [3.8, 4) is 0 Å². The van der Waals surface area contributed by atoms with Gasteiger partial charge >= 0.3 is 5.97 Å². The third kappa shape index (κ3) is 6.25. The molecule has 0 aliphatic heterocycles. The molecule has 26 heavy (non-hydrogen) atoms. The molecule has 0 saturated carbocycles. The van der Waals surface area contributed by atoms with Crippen molar-refractivity contribution in [1.29, 1.82) is 0 Å². The number of nitrogens with one attached hydrogen (secondary N) is 2. The Labute approximate surface area is 159 Å². The number of sulfonamides is 1. The maximum atomic E-state index is 12.5. The minimum atomic E-state index is -3.86. The summed E-state index contributed by atoms with van der Waals surface area (Å²) in [6.07, 6.45) is 0. The average Bonchev–Trinajstić information content (AvgIpc) is 2.54. The molecule has 0 aromatic heterocycles. The Morgan fingerprint density at radius 2 is 1.73 bits per heavy atom. The standard InChI is InChI=1S/C16H15ClN2O5S2/c17-11-3-1-5-13(7-11)19-26(23,24)14-6-2-4-12(8-14)18-15(20)9-25-10-16(21)22/h1-8,19H,9-10H2,(H,18,20)(H,21,22). The number of carboxylic acids is 1. The van der Waals surface area contributed by atoms with Crippen LogP contribution in [0.3, 0.4) is 0 Å². The van der Waals surface area contributed by atoms with Crippen molar-refractivity contribution in [1.82, 2.24) is 0 Å². The van der Waals surface area contributed by atoms with Crippen LogP contribution in [-0.4, -0.2) is 36.9 Å². The highest BCUT2D eigenvalue weighted by molar-refractivity contribution is 8.00. The average molecular weight is 415 g/mol. The van der Waals surface area contributed by atoms with Gasteiger partial charge in [-0.25, -0.2) is 8.42 Å². The largest absolute Gasteiger partial charge is 0.481 e. The first-order valence-corrected chi connectivity index (χ1v) is 10.3. The van der Waals surface area contributed by atoms with Gasteiger partial charge in [-0.05, 0) is 36.4 Å². The lowest BCUT2D eigenvalue weighted by Crippen LogP contribution is -2.17. The first-order chi connectivity index (χ1) is 12.3. The van der Waals surface area contributed by atoms with Crippen LogP contribution in [0.2, 0.25) is 5.02 Å². The molecule has 0 atom stereocenters. The number of aliphatic carboxylic acids is 1. The summed E-state index contributed by atoms with van der Waals surface area (Å²) >= 11 is 6.79. The van der Waals surface area contributed by atoms with Crippen molar-refractivity contribution in [2.24, 2.45) is 0 Å². The van der Waals surface area contributed by atoms with Crippen LogP contribution in [0.15, 0.2) is 53.4 Å². The highest BCUT2D eigenvalue weighted by Crippen LogP contribution is 2.21. The molecule has 0 heterocycles. The van der Waals surface area contributed by atoms with Gasteiger partial charge in [0.15, 0.2) is 0 Å². The number of thioether (sulfide) groups is 1. The Morgan fingerprint density at radius 1 is 1.04 bits per heavy atom. The van der Waals surface area contributed by atoms with Crippen molar-refractivity contribution >= 4 is 56.6 Å². The summed E-state index contributed by atoms with van der Waals surface area (Å²) < 4.78 is 27.3. The molecule has 0 aliphatic carbocycles. The molecule has 0 spiro atoms. The van der Waals surface area contributed by atoms with Crippen LogP contribution >= 0.6 is 23.4 Å². The monoisotopic (exact) mass is 414 g/mol. The molecule has 2 rings (SSSR count). The van der Waals surface area contributed by atoms with E-state index in [1.165, 1.54) is 30.3 Å². The van der Waals surface area contributed by atoms with Crippen molar-refractivity contribution in [3.63, 3.8) is 0 Å². The normalized spacial score (nSPS) is 11.0. The van der Waals surface area contributed by atoms with Gasteiger partial charge in [-0.1, -0.05) is 23.7 Å². The highest BCUT2D eigenvalue weighted by atomic mass is 35.5. The Morgan fingerprint density at radius 3 is 2.42 bits per heavy atom. The minimum Gasteiger partial charge on any atom is -0.481 e. The number of hydrogen-bond donors (Lipinski definition) is 3. The molecule has 3 N–H and O–H groups in total. The quantitative estimate of drug-likeness (QED) is 0.612. The highest BCUT2D eigenvalue weighted by Gasteiger charge is 2.15. The number of halogens is 1. The number of anilines is 2. The van der Waals surface area contributed by atoms with Crippen LogP contribution in [-0.2, 0) is 19.6 Å². The van der Waals surface area contributed by atoms with Crippen LogP contribution in [0, 0.1) is 0 Å². The lowest BCUT2D eigenvalue weighted by atomic mass is 10.3. The molecule has 1 amide bonds. The van der Waals surface area contributed by atoms with Crippen LogP contribution in [0.1, 0.15) is 0 Å². The summed E-state index contributed by atoms with van der Waals surface area (Å²) in [5.41, 5.74) is 0.608. The summed E-state index contributed by atoms with van der Waals surface area (Å²) in [6, 6.07) is 12.0. The van der Waals surface area contributed by atoms with Crippen LogP contribution in [0.4, 0.5) is 11.4 Å². The van der Waals surface area contributed by atoms with Crippen molar-refractivity contribution in [2.45, 2.75) is 4.90 Å². The van der Waals surface area contributed by atoms with Gasteiger partial charge < -0.3 is 10.4 Å². The van der Waals surface area contributed by atoms with E-state index in [1.54, 1.807) is 18.2 Å². The Kier molecular flexibility index (Phi) is 6.90. The number of benzene rings is 2. The molecule has 0 saturated heterocycles. The molecule has 2 aromatic rings. The van der Waals surface area contributed by atoms with Gasteiger partial charge in [0.05, 0.1) is 22.1 Å². The molecular weight excluding hydrogens is 400 g/mol.